The van der Waals surface area contributed by atoms with Crippen LogP contribution in [0.3, 0.4) is 0 Å². The first kappa shape index (κ1) is 16.6. The molecule has 0 aliphatic heterocycles. The third kappa shape index (κ3) is 6.50. The normalized spacial score (nSPS) is 13.1. The van der Waals surface area contributed by atoms with Gasteiger partial charge < -0.3 is 5.32 Å². The van der Waals surface area contributed by atoms with Gasteiger partial charge in [-0.3, -0.25) is 4.90 Å². The van der Waals surface area contributed by atoms with Crippen LogP contribution in [0.2, 0.25) is 0 Å². The van der Waals surface area contributed by atoms with E-state index >= 15 is 0 Å². The Morgan fingerprint density at radius 2 is 2.16 bits per heavy atom. The van der Waals surface area contributed by atoms with Crippen molar-refractivity contribution in [3.63, 3.8) is 0 Å². The number of thiazole rings is 1. The van der Waals surface area contributed by atoms with E-state index < -0.39 is 0 Å². The summed E-state index contributed by atoms with van der Waals surface area (Å²) in [4.78, 5) is 7.21. The highest BCUT2D eigenvalue weighted by atomic mass is 32.1. The molecule has 0 fully saturated rings. The second-order valence-electron chi connectivity index (χ2n) is 5.25. The summed E-state index contributed by atoms with van der Waals surface area (Å²) in [6, 6.07) is 0. The molecule has 1 atom stereocenters. The molecule has 0 amide bonds. The lowest BCUT2D eigenvalue weighted by Gasteiger charge is -2.22. The van der Waals surface area contributed by atoms with Crippen molar-refractivity contribution in [2.75, 3.05) is 19.6 Å². The van der Waals surface area contributed by atoms with Crippen molar-refractivity contribution in [2.45, 2.75) is 53.6 Å². The molecule has 0 aliphatic rings. The smallest absolute Gasteiger partial charge is 0.107 e. The van der Waals surface area contributed by atoms with Crippen LogP contribution < -0.4 is 5.32 Å². The van der Waals surface area contributed by atoms with Crippen molar-refractivity contribution in [1.82, 2.24) is 15.2 Å². The molecule has 1 unspecified atom stereocenters. The van der Waals surface area contributed by atoms with Crippen molar-refractivity contribution >= 4 is 11.3 Å². The van der Waals surface area contributed by atoms with Gasteiger partial charge in [0, 0.05) is 25.0 Å². The third-order valence-electron chi connectivity index (χ3n) is 3.40. The molecule has 0 saturated heterocycles. The second kappa shape index (κ2) is 9.45. The zero-order valence-corrected chi connectivity index (χ0v) is 13.7. The summed E-state index contributed by atoms with van der Waals surface area (Å²) in [6.45, 7) is 14.3. The number of nitrogens with one attached hydrogen (secondary N) is 1. The minimum atomic E-state index is 0.768. The molecule has 19 heavy (non-hydrogen) atoms. The van der Waals surface area contributed by atoms with Crippen molar-refractivity contribution < 1.29 is 0 Å². The lowest BCUT2D eigenvalue weighted by molar-refractivity contribution is 0.236. The van der Waals surface area contributed by atoms with Gasteiger partial charge in [0.2, 0.25) is 0 Å². The summed E-state index contributed by atoms with van der Waals surface area (Å²) in [6.07, 6.45) is 2.43. The average Bonchev–Trinajstić information content (AvgIpc) is 2.85. The van der Waals surface area contributed by atoms with Crippen molar-refractivity contribution in [2.24, 2.45) is 5.92 Å². The van der Waals surface area contributed by atoms with Crippen LogP contribution in [0.25, 0.3) is 0 Å². The van der Waals surface area contributed by atoms with Crippen LogP contribution in [-0.4, -0.2) is 29.5 Å². The molecule has 0 saturated carbocycles. The summed E-state index contributed by atoms with van der Waals surface area (Å²) in [5.41, 5.74) is 1.23. The van der Waals surface area contributed by atoms with Crippen LogP contribution in [-0.2, 0) is 13.1 Å². The Hall–Kier alpha value is -0.450. The van der Waals surface area contributed by atoms with E-state index in [0.717, 1.165) is 32.1 Å². The van der Waals surface area contributed by atoms with Crippen LogP contribution in [0, 0.1) is 5.92 Å². The Labute approximate surface area is 122 Å². The molecule has 0 radical (unpaired) electrons. The Balaban J connectivity index is 2.42. The topological polar surface area (TPSA) is 28.2 Å². The molecule has 1 heterocycles. The monoisotopic (exact) mass is 283 g/mol. The van der Waals surface area contributed by atoms with E-state index in [1.54, 1.807) is 11.3 Å². The molecule has 110 valence electrons. The van der Waals surface area contributed by atoms with Crippen molar-refractivity contribution in [1.29, 1.82) is 0 Å². The Bertz CT molecular complexity index is 338. The molecule has 0 bridgehead atoms. The van der Waals surface area contributed by atoms with E-state index in [0.29, 0.717) is 0 Å². The average molecular weight is 283 g/mol. The second-order valence-corrected chi connectivity index (χ2v) is 6.19. The number of aromatic nitrogens is 1. The van der Waals surface area contributed by atoms with Crippen molar-refractivity contribution in [3.05, 3.63) is 16.1 Å². The summed E-state index contributed by atoms with van der Waals surface area (Å²) >= 11 is 1.78. The predicted octanol–water partition coefficient (Wildman–Crippen LogP) is 3.51. The number of hydrogen-bond donors (Lipinski definition) is 1. The molecule has 1 aromatic rings. The molecule has 1 aromatic heterocycles. The van der Waals surface area contributed by atoms with Crippen molar-refractivity contribution in [3.8, 4) is 0 Å². The SMILES string of the molecule is CCCNCc1nc(CN(CC)CC(C)CC)cs1. The van der Waals surface area contributed by atoms with Gasteiger partial charge in [-0.1, -0.05) is 34.1 Å². The molecular weight excluding hydrogens is 254 g/mol. The molecule has 4 heteroatoms. The van der Waals surface area contributed by atoms with Gasteiger partial charge in [0.1, 0.15) is 5.01 Å². The van der Waals surface area contributed by atoms with E-state index in [1.807, 2.05) is 0 Å². The molecule has 1 rings (SSSR count). The maximum Gasteiger partial charge on any atom is 0.107 e. The fraction of sp³-hybridized carbons (Fsp3) is 0.800. The molecule has 1 N–H and O–H groups in total. The zero-order chi connectivity index (χ0) is 14.1. The molecule has 3 nitrogen and oxygen atoms in total. The van der Waals surface area contributed by atoms with Gasteiger partial charge in [0.05, 0.1) is 5.69 Å². The number of hydrogen-bond acceptors (Lipinski definition) is 4. The van der Waals surface area contributed by atoms with Gasteiger partial charge in [-0.05, 0) is 25.4 Å². The van der Waals surface area contributed by atoms with Crippen LogP contribution in [0.15, 0.2) is 5.38 Å². The number of nitrogens with zero attached hydrogens (tertiary/aromatic N) is 2. The summed E-state index contributed by atoms with van der Waals surface area (Å²) in [7, 11) is 0. The van der Waals surface area contributed by atoms with Gasteiger partial charge >= 0.3 is 0 Å². The fourth-order valence-electron chi connectivity index (χ4n) is 1.98. The highest BCUT2D eigenvalue weighted by Gasteiger charge is 2.10. The van der Waals surface area contributed by atoms with E-state index in [1.165, 1.54) is 30.1 Å². The van der Waals surface area contributed by atoms with Crippen LogP contribution in [0.4, 0.5) is 0 Å². The van der Waals surface area contributed by atoms with Gasteiger partial charge in [-0.2, -0.15) is 0 Å². The first-order chi connectivity index (χ1) is 9.19. The summed E-state index contributed by atoms with van der Waals surface area (Å²) in [5.74, 6) is 0.768. The maximum atomic E-state index is 4.72. The van der Waals surface area contributed by atoms with Crippen LogP contribution in [0.1, 0.15) is 51.2 Å². The summed E-state index contributed by atoms with van der Waals surface area (Å²) in [5, 5.41) is 6.83. The lowest BCUT2D eigenvalue weighted by Crippen LogP contribution is -2.28. The highest BCUT2D eigenvalue weighted by Crippen LogP contribution is 2.13. The molecular formula is C15H29N3S. The maximum absolute atomic E-state index is 4.72. The lowest BCUT2D eigenvalue weighted by atomic mass is 10.1. The zero-order valence-electron chi connectivity index (χ0n) is 12.9. The van der Waals surface area contributed by atoms with E-state index in [4.69, 9.17) is 4.98 Å². The van der Waals surface area contributed by atoms with Crippen LogP contribution in [0.5, 0.6) is 0 Å². The molecule has 0 aromatic carbocycles. The van der Waals surface area contributed by atoms with Crippen LogP contribution >= 0.6 is 11.3 Å². The molecule has 0 aliphatic carbocycles. The Morgan fingerprint density at radius 3 is 2.79 bits per heavy atom. The van der Waals surface area contributed by atoms with Gasteiger partial charge in [0.25, 0.3) is 0 Å². The van der Waals surface area contributed by atoms with Gasteiger partial charge in [0.15, 0.2) is 0 Å². The first-order valence-corrected chi connectivity index (χ1v) is 8.43. The van der Waals surface area contributed by atoms with E-state index in [2.05, 4.69) is 43.3 Å². The third-order valence-corrected chi connectivity index (χ3v) is 4.30. The largest absolute Gasteiger partial charge is 0.310 e. The Kier molecular flexibility index (Phi) is 8.26. The Morgan fingerprint density at radius 1 is 1.37 bits per heavy atom. The van der Waals surface area contributed by atoms with Gasteiger partial charge in [-0.15, -0.1) is 11.3 Å². The van der Waals surface area contributed by atoms with E-state index in [-0.39, 0.29) is 0 Å². The fourth-order valence-corrected chi connectivity index (χ4v) is 2.73. The first-order valence-electron chi connectivity index (χ1n) is 7.55. The minimum absolute atomic E-state index is 0.768. The van der Waals surface area contributed by atoms with E-state index in [9.17, 15) is 0 Å². The standard InChI is InChI=1S/C15H29N3S/c1-5-8-16-9-15-17-14(12-19-15)11-18(7-3)10-13(4)6-2/h12-13,16H,5-11H2,1-4H3. The van der Waals surface area contributed by atoms with Gasteiger partial charge in [-0.25, -0.2) is 4.98 Å². The molecule has 0 spiro atoms. The highest BCUT2D eigenvalue weighted by molar-refractivity contribution is 7.09. The number of rotatable bonds is 10. The minimum Gasteiger partial charge on any atom is -0.310 e. The summed E-state index contributed by atoms with van der Waals surface area (Å²) < 4.78 is 0. The quantitative estimate of drug-likeness (QED) is 0.666. The predicted molar refractivity (Wildman–Crippen MR) is 84.5 cm³/mol.